The van der Waals surface area contributed by atoms with E-state index in [1.165, 1.54) is 0 Å². The van der Waals surface area contributed by atoms with Gasteiger partial charge in [0.15, 0.2) is 5.82 Å². The fourth-order valence-corrected chi connectivity index (χ4v) is 6.43. The molecule has 1 spiro atoms. The number of aromatic amines is 1. The van der Waals surface area contributed by atoms with Crippen molar-refractivity contribution in [3.05, 3.63) is 40.9 Å². The summed E-state index contributed by atoms with van der Waals surface area (Å²) in [4.78, 5) is 4.91. The largest absolute Gasteiger partial charge is 0.263 e. The Hall–Kier alpha value is -1.44. The fourth-order valence-electron chi connectivity index (χ4n) is 4.38. The molecule has 1 unspecified atom stereocenters. The van der Waals surface area contributed by atoms with E-state index in [-0.39, 0.29) is 21.3 Å². The van der Waals surface area contributed by atoms with E-state index < -0.39 is 10.0 Å². The summed E-state index contributed by atoms with van der Waals surface area (Å²) in [6.07, 6.45) is 5.51. The zero-order valence-electron chi connectivity index (χ0n) is 14.4. The van der Waals surface area contributed by atoms with Crippen LogP contribution in [-0.4, -0.2) is 41.0 Å². The molecule has 0 radical (unpaired) electrons. The highest BCUT2D eigenvalue weighted by atomic mass is 35.5. The molecule has 0 bridgehead atoms. The maximum absolute atomic E-state index is 13.2. The van der Waals surface area contributed by atoms with Crippen LogP contribution in [0.2, 0.25) is 5.02 Å². The van der Waals surface area contributed by atoms with E-state index in [1.807, 2.05) is 0 Å². The molecule has 2 aromatic rings. The summed E-state index contributed by atoms with van der Waals surface area (Å²) < 4.78 is 28.0. The van der Waals surface area contributed by atoms with Gasteiger partial charge in [-0.3, -0.25) is 5.10 Å². The number of benzene rings is 1. The summed E-state index contributed by atoms with van der Waals surface area (Å²) in [5.41, 5.74) is -0.0192. The monoisotopic (exact) mass is 392 g/mol. The van der Waals surface area contributed by atoms with Crippen molar-refractivity contribution in [3.63, 3.8) is 0 Å². The molecule has 1 saturated heterocycles. The molecule has 3 aliphatic rings. The molecule has 138 valence electrons. The molecule has 1 aromatic heterocycles. The summed E-state index contributed by atoms with van der Waals surface area (Å²) in [5.74, 6) is 2.31. The lowest BCUT2D eigenvalue weighted by Gasteiger charge is -2.42. The smallest absolute Gasteiger partial charge is 0.244 e. The highest BCUT2D eigenvalue weighted by Crippen LogP contribution is 2.56. The Bertz CT molecular complexity index is 950. The molecule has 3 fully saturated rings. The molecule has 5 rings (SSSR count). The molecule has 1 atom stereocenters. The first-order valence-electron chi connectivity index (χ1n) is 9.16. The molecule has 26 heavy (non-hydrogen) atoms. The Labute approximate surface area is 158 Å². The summed E-state index contributed by atoms with van der Waals surface area (Å²) in [5, 5.41) is 7.76. The maximum Gasteiger partial charge on any atom is 0.244 e. The van der Waals surface area contributed by atoms with Crippen LogP contribution in [0.4, 0.5) is 0 Å². The highest BCUT2D eigenvalue weighted by molar-refractivity contribution is 7.89. The number of hydrogen-bond donors (Lipinski definition) is 1. The number of H-pyrrole nitrogens is 1. The number of nitrogens with zero attached hydrogens (tertiary/aromatic N) is 3. The summed E-state index contributed by atoms with van der Waals surface area (Å²) in [6, 6.07) is 6.66. The first-order chi connectivity index (χ1) is 12.5. The zero-order valence-corrected chi connectivity index (χ0v) is 15.9. The van der Waals surface area contributed by atoms with Gasteiger partial charge < -0.3 is 0 Å². The van der Waals surface area contributed by atoms with Gasteiger partial charge >= 0.3 is 0 Å². The molecule has 0 amide bonds. The van der Waals surface area contributed by atoms with Gasteiger partial charge in [-0.25, -0.2) is 13.4 Å². The average Bonchev–Trinajstić information content (AvgIpc) is 3.17. The van der Waals surface area contributed by atoms with Gasteiger partial charge in [0.25, 0.3) is 0 Å². The summed E-state index contributed by atoms with van der Waals surface area (Å²) in [6.45, 7) is 0.970. The van der Waals surface area contributed by atoms with E-state index in [1.54, 1.807) is 28.6 Å². The lowest BCUT2D eigenvalue weighted by Crippen LogP contribution is -2.38. The molecule has 2 aliphatic carbocycles. The minimum atomic E-state index is -3.62. The van der Waals surface area contributed by atoms with Crippen molar-refractivity contribution in [2.75, 3.05) is 13.1 Å². The van der Waals surface area contributed by atoms with E-state index in [2.05, 4.69) is 10.2 Å². The number of nitrogens with one attached hydrogen (secondary N) is 1. The van der Waals surface area contributed by atoms with Crippen molar-refractivity contribution in [1.29, 1.82) is 0 Å². The van der Waals surface area contributed by atoms with Gasteiger partial charge in [0.2, 0.25) is 10.0 Å². The van der Waals surface area contributed by atoms with Crippen molar-refractivity contribution < 1.29 is 8.42 Å². The normalized spacial score (nSPS) is 25.5. The van der Waals surface area contributed by atoms with Crippen molar-refractivity contribution in [1.82, 2.24) is 19.5 Å². The lowest BCUT2D eigenvalue weighted by atomic mass is 9.62. The Morgan fingerprint density at radius 2 is 2.00 bits per heavy atom. The molecular weight excluding hydrogens is 372 g/mol. The first kappa shape index (κ1) is 16.7. The second kappa shape index (κ2) is 5.78. The standard InChI is InChI=1S/C18H21ClN4O2S/c19-14-4-1-2-5-15(14)26(24,25)23-10-13(18(11-23)8-3-9-18)17-20-16(21-22-17)12-6-7-12/h1-2,4-5,12-13H,3,6-11H2,(H,20,21,22). The number of hydrogen-bond acceptors (Lipinski definition) is 4. The predicted molar refractivity (Wildman–Crippen MR) is 97.6 cm³/mol. The van der Waals surface area contributed by atoms with Gasteiger partial charge in [-0.2, -0.15) is 9.40 Å². The van der Waals surface area contributed by atoms with Crippen LogP contribution in [0.1, 0.15) is 55.6 Å². The Balaban J connectivity index is 1.48. The summed E-state index contributed by atoms with van der Waals surface area (Å²) in [7, 11) is -3.62. The van der Waals surface area contributed by atoms with Gasteiger partial charge in [-0.1, -0.05) is 30.2 Å². The molecule has 6 nitrogen and oxygen atoms in total. The fraction of sp³-hybridized carbons (Fsp3) is 0.556. The van der Waals surface area contributed by atoms with Gasteiger partial charge in [-0.15, -0.1) is 0 Å². The van der Waals surface area contributed by atoms with Crippen LogP contribution in [0.25, 0.3) is 0 Å². The molecule has 2 saturated carbocycles. The van der Waals surface area contributed by atoms with E-state index in [0.29, 0.717) is 19.0 Å². The topological polar surface area (TPSA) is 79.0 Å². The van der Waals surface area contributed by atoms with Crippen LogP contribution >= 0.6 is 11.6 Å². The van der Waals surface area contributed by atoms with Crippen LogP contribution < -0.4 is 0 Å². The molecular formula is C18H21ClN4O2S. The number of halogens is 1. The second-order valence-corrected chi connectivity index (χ2v) is 10.2. The third-order valence-electron chi connectivity index (χ3n) is 6.21. The number of rotatable bonds is 4. The Morgan fingerprint density at radius 1 is 1.23 bits per heavy atom. The quantitative estimate of drug-likeness (QED) is 0.865. The summed E-state index contributed by atoms with van der Waals surface area (Å²) >= 11 is 6.17. The first-order valence-corrected chi connectivity index (χ1v) is 11.0. The highest BCUT2D eigenvalue weighted by Gasteiger charge is 2.55. The van der Waals surface area contributed by atoms with E-state index in [9.17, 15) is 8.42 Å². The third-order valence-corrected chi connectivity index (χ3v) is 8.52. The zero-order chi connectivity index (χ0) is 17.9. The SMILES string of the molecule is O=S(=O)(c1ccccc1Cl)N1CC(c2nc(C3CC3)n[nH]2)C2(CCC2)C1. The minimum Gasteiger partial charge on any atom is -0.263 e. The van der Waals surface area contributed by atoms with Gasteiger partial charge in [0, 0.05) is 24.9 Å². The van der Waals surface area contributed by atoms with Crippen LogP contribution in [0.15, 0.2) is 29.2 Å². The maximum atomic E-state index is 13.2. The average molecular weight is 393 g/mol. The second-order valence-electron chi connectivity index (χ2n) is 7.85. The van der Waals surface area contributed by atoms with Crippen molar-refractivity contribution in [2.45, 2.75) is 48.8 Å². The van der Waals surface area contributed by atoms with E-state index in [0.717, 1.165) is 43.8 Å². The Morgan fingerprint density at radius 3 is 2.65 bits per heavy atom. The van der Waals surface area contributed by atoms with Crippen LogP contribution in [0.5, 0.6) is 0 Å². The molecule has 8 heteroatoms. The minimum absolute atomic E-state index is 0.0192. The van der Waals surface area contributed by atoms with Crippen LogP contribution in [-0.2, 0) is 10.0 Å². The molecule has 1 N–H and O–H groups in total. The number of aromatic nitrogens is 3. The van der Waals surface area contributed by atoms with Crippen LogP contribution in [0.3, 0.4) is 0 Å². The van der Waals surface area contributed by atoms with E-state index in [4.69, 9.17) is 16.6 Å². The van der Waals surface area contributed by atoms with Gasteiger partial charge in [0.05, 0.1) is 5.02 Å². The molecule has 2 heterocycles. The Kier molecular flexibility index (Phi) is 3.71. The van der Waals surface area contributed by atoms with E-state index >= 15 is 0 Å². The molecule has 1 aromatic carbocycles. The van der Waals surface area contributed by atoms with Crippen molar-refractivity contribution >= 4 is 21.6 Å². The predicted octanol–water partition coefficient (Wildman–Crippen LogP) is 3.29. The van der Waals surface area contributed by atoms with Crippen molar-refractivity contribution in [3.8, 4) is 0 Å². The number of sulfonamides is 1. The van der Waals surface area contributed by atoms with Crippen LogP contribution in [0, 0.1) is 5.41 Å². The lowest BCUT2D eigenvalue weighted by molar-refractivity contribution is 0.127. The van der Waals surface area contributed by atoms with Gasteiger partial charge in [-0.05, 0) is 43.2 Å². The van der Waals surface area contributed by atoms with Gasteiger partial charge in [0.1, 0.15) is 10.7 Å². The molecule has 1 aliphatic heterocycles. The van der Waals surface area contributed by atoms with Crippen molar-refractivity contribution in [2.24, 2.45) is 5.41 Å². The third kappa shape index (κ3) is 2.52.